The predicted molar refractivity (Wildman–Crippen MR) is 108 cm³/mol. The second kappa shape index (κ2) is 5.83. The zero-order valence-electron chi connectivity index (χ0n) is 13.5. The first-order valence-corrected chi connectivity index (χ1v) is 9.14. The van der Waals surface area contributed by atoms with Crippen molar-refractivity contribution in [1.29, 1.82) is 0 Å². The fourth-order valence-electron chi connectivity index (χ4n) is 3.35. The van der Waals surface area contributed by atoms with E-state index in [2.05, 4.69) is 77.8 Å². The van der Waals surface area contributed by atoms with Gasteiger partial charge >= 0.3 is 0 Å². The van der Waals surface area contributed by atoms with Gasteiger partial charge in [0.15, 0.2) is 0 Å². The summed E-state index contributed by atoms with van der Waals surface area (Å²) in [5.41, 5.74) is 4.68. The normalized spacial score (nSPS) is 11.2. The van der Waals surface area contributed by atoms with E-state index >= 15 is 0 Å². The number of benzene rings is 3. The molecule has 118 valence electrons. The highest BCUT2D eigenvalue weighted by atomic mass is 32.1. The number of rotatable bonds is 2. The molecule has 0 fully saturated rings. The van der Waals surface area contributed by atoms with Crippen molar-refractivity contribution >= 4 is 31.5 Å². The Labute approximate surface area is 150 Å². The summed E-state index contributed by atoms with van der Waals surface area (Å²) in [4.78, 5) is 4.48. The summed E-state index contributed by atoms with van der Waals surface area (Å²) < 4.78 is 2.69. The molecule has 0 amide bonds. The first-order valence-electron chi connectivity index (χ1n) is 8.32. The predicted octanol–water partition coefficient (Wildman–Crippen LogP) is 6.78. The summed E-state index contributed by atoms with van der Waals surface area (Å²) in [5.74, 6) is 0. The lowest BCUT2D eigenvalue weighted by Crippen LogP contribution is -1.84. The van der Waals surface area contributed by atoms with Gasteiger partial charge in [0.1, 0.15) is 0 Å². The van der Waals surface area contributed by atoms with Gasteiger partial charge in [-0.25, -0.2) is 0 Å². The maximum Gasteiger partial charge on any atom is 0.0702 e. The minimum atomic E-state index is 1.01. The third-order valence-corrected chi connectivity index (χ3v) is 5.76. The molecule has 2 heteroatoms. The molecule has 0 bridgehead atoms. The van der Waals surface area contributed by atoms with E-state index in [1.807, 2.05) is 29.7 Å². The number of hydrogen-bond donors (Lipinski definition) is 0. The van der Waals surface area contributed by atoms with Crippen molar-refractivity contribution in [3.63, 3.8) is 0 Å². The molecule has 0 radical (unpaired) electrons. The third kappa shape index (κ3) is 2.43. The van der Waals surface area contributed by atoms with E-state index in [-0.39, 0.29) is 0 Å². The standard InChI is InChI=1S/C23H15NS/c1-2-13-22-19(9-1)20-11-6-10-18(23(20)25-22)16-7-5-8-17(15-16)21-12-3-4-14-24-21/h1-15H. The lowest BCUT2D eigenvalue weighted by Gasteiger charge is -2.07. The SMILES string of the molecule is c1ccc(-c2cccc(-c3cccc4c3sc3ccccc34)c2)nc1. The molecule has 0 aliphatic rings. The van der Waals surface area contributed by atoms with Crippen LogP contribution in [-0.2, 0) is 0 Å². The summed E-state index contributed by atoms with van der Waals surface area (Å²) >= 11 is 1.87. The van der Waals surface area contributed by atoms with Gasteiger partial charge in [0.2, 0.25) is 0 Å². The minimum Gasteiger partial charge on any atom is -0.256 e. The van der Waals surface area contributed by atoms with Gasteiger partial charge in [-0.2, -0.15) is 0 Å². The van der Waals surface area contributed by atoms with Gasteiger partial charge in [-0.1, -0.05) is 60.7 Å². The van der Waals surface area contributed by atoms with Crippen molar-refractivity contribution in [2.24, 2.45) is 0 Å². The average Bonchev–Trinajstić information content (AvgIpc) is 3.07. The Morgan fingerprint density at radius 3 is 2.36 bits per heavy atom. The van der Waals surface area contributed by atoms with E-state index in [9.17, 15) is 0 Å². The average molecular weight is 337 g/mol. The molecule has 0 aliphatic carbocycles. The molecule has 1 nitrogen and oxygen atoms in total. The van der Waals surface area contributed by atoms with E-state index in [1.54, 1.807) is 0 Å². The molecule has 3 aromatic carbocycles. The van der Waals surface area contributed by atoms with Crippen LogP contribution in [0, 0.1) is 0 Å². The molecule has 0 atom stereocenters. The largest absolute Gasteiger partial charge is 0.256 e. The molecule has 0 spiro atoms. The molecule has 5 rings (SSSR count). The Morgan fingerprint density at radius 1 is 0.640 bits per heavy atom. The van der Waals surface area contributed by atoms with Crippen LogP contribution in [0.25, 0.3) is 42.6 Å². The Balaban J connectivity index is 1.74. The van der Waals surface area contributed by atoms with Gasteiger partial charge in [-0.3, -0.25) is 4.98 Å². The van der Waals surface area contributed by atoms with Crippen LogP contribution in [0.5, 0.6) is 0 Å². The summed E-state index contributed by atoms with van der Waals surface area (Å²) in [6.07, 6.45) is 1.84. The van der Waals surface area contributed by atoms with Crippen molar-refractivity contribution in [3.8, 4) is 22.4 Å². The summed E-state index contributed by atoms with van der Waals surface area (Å²) in [5, 5.41) is 2.67. The summed E-state index contributed by atoms with van der Waals surface area (Å²) in [6.45, 7) is 0. The van der Waals surface area contributed by atoms with Gasteiger partial charge in [-0.05, 0) is 35.4 Å². The monoisotopic (exact) mass is 337 g/mol. The van der Waals surface area contributed by atoms with Crippen LogP contribution in [-0.4, -0.2) is 4.98 Å². The van der Waals surface area contributed by atoms with Crippen molar-refractivity contribution in [3.05, 3.63) is 91.1 Å². The number of thiophene rings is 1. The molecule has 25 heavy (non-hydrogen) atoms. The maximum absolute atomic E-state index is 4.48. The van der Waals surface area contributed by atoms with E-state index in [0.717, 1.165) is 11.3 Å². The van der Waals surface area contributed by atoms with E-state index in [0.29, 0.717) is 0 Å². The van der Waals surface area contributed by atoms with Crippen LogP contribution in [0.3, 0.4) is 0 Å². The Kier molecular flexibility index (Phi) is 3.36. The molecule has 0 unspecified atom stereocenters. The van der Waals surface area contributed by atoms with E-state index in [4.69, 9.17) is 0 Å². The van der Waals surface area contributed by atoms with Gasteiger partial charge in [0.05, 0.1) is 5.69 Å². The number of aromatic nitrogens is 1. The molecule has 0 aliphatic heterocycles. The third-order valence-electron chi connectivity index (χ3n) is 4.54. The number of nitrogens with zero attached hydrogens (tertiary/aromatic N) is 1. The molecule has 5 aromatic rings. The molecule has 2 aromatic heterocycles. The molecular weight excluding hydrogens is 322 g/mol. The lowest BCUT2D eigenvalue weighted by molar-refractivity contribution is 1.33. The molecule has 0 N–H and O–H groups in total. The van der Waals surface area contributed by atoms with Gasteiger partial charge in [-0.15, -0.1) is 11.3 Å². The van der Waals surface area contributed by atoms with Gasteiger partial charge in [0.25, 0.3) is 0 Å². The number of fused-ring (bicyclic) bond motifs is 3. The van der Waals surface area contributed by atoms with Crippen LogP contribution >= 0.6 is 11.3 Å². The summed E-state index contributed by atoms with van der Waals surface area (Å²) in [7, 11) is 0. The van der Waals surface area contributed by atoms with E-state index in [1.165, 1.54) is 31.3 Å². The van der Waals surface area contributed by atoms with Crippen LogP contribution in [0.4, 0.5) is 0 Å². The quantitative estimate of drug-likeness (QED) is 0.346. The topological polar surface area (TPSA) is 12.9 Å². The highest BCUT2D eigenvalue weighted by Gasteiger charge is 2.10. The van der Waals surface area contributed by atoms with Crippen LogP contribution < -0.4 is 0 Å². The fourth-order valence-corrected chi connectivity index (χ4v) is 4.59. The van der Waals surface area contributed by atoms with E-state index < -0.39 is 0 Å². The highest BCUT2D eigenvalue weighted by Crippen LogP contribution is 2.40. The van der Waals surface area contributed by atoms with Crippen LogP contribution in [0.2, 0.25) is 0 Å². The van der Waals surface area contributed by atoms with Gasteiger partial charge in [0, 0.05) is 31.9 Å². The van der Waals surface area contributed by atoms with Crippen molar-refractivity contribution in [2.45, 2.75) is 0 Å². The Hall–Kier alpha value is -2.97. The lowest BCUT2D eigenvalue weighted by atomic mass is 10.00. The highest BCUT2D eigenvalue weighted by molar-refractivity contribution is 7.26. The zero-order chi connectivity index (χ0) is 16.6. The Bertz CT molecular complexity index is 1190. The molecule has 0 saturated carbocycles. The minimum absolute atomic E-state index is 1.01. The number of hydrogen-bond acceptors (Lipinski definition) is 2. The van der Waals surface area contributed by atoms with Crippen molar-refractivity contribution in [2.75, 3.05) is 0 Å². The number of pyridine rings is 1. The molecule has 0 saturated heterocycles. The van der Waals surface area contributed by atoms with Crippen LogP contribution in [0.1, 0.15) is 0 Å². The van der Waals surface area contributed by atoms with Gasteiger partial charge < -0.3 is 0 Å². The first-order chi connectivity index (χ1) is 12.4. The summed E-state index contributed by atoms with van der Waals surface area (Å²) in [6, 6.07) is 29.9. The molecular formula is C23H15NS. The second-order valence-corrected chi connectivity index (χ2v) is 7.13. The first kappa shape index (κ1) is 14.4. The molecule has 2 heterocycles. The maximum atomic E-state index is 4.48. The second-order valence-electron chi connectivity index (χ2n) is 6.08. The van der Waals surface area contributed by atoms with Crippen LogP contribution in [0.15, 0.2) is 91.1 Å². The Morgan fingerprint density at radius 2 is 1.44 bits per heavy atom. The smallest absolute Gasteiger partial charge is 0.0702 e. The van der Waals surface area contributed by atoms with Crippen molar-refractivity contribution < 1.29 is 0 Å². The fraction of sp³-hybridized carbons (Fsp3) is 0. The zero-order valence-corrected chi connectivity index (χ0v) is 14.3. The van der Waals surface area contributed by atoms with Crippen molar-refractivity contribution in [1.82, 2.24) is 4.98 Å².